The number of thioether (sulfide) groups is 1. The molecule has 0 spiro atoms. The van der Waals surface area contributed by atoms with Gasteiger partial charge >= 0.3 is 5.97 Å². The maximum atomic E-state index is 12.9. The summed E-state index contributed by atoms with van der Waals surface area (Å²) < 4.78 is 11.8. The van der Waals surface area contributed by atoms with Crippen LogP contribution in [0.25, 0.3) is 10.9 Å². The average Bonchev–Trinajstić information content (AvgIpc) is 2.70. The van der Waals surface area contributed by atoms with E-state index in [0.717, 1.165) is 0 Å². The van der Waals surface area contributed by atoms with Crippen molar-refractivity contribution >= 4 is 34.5 Å². The van der Waals surface area contributed by atoms with E-state index in [4.69, 9.17) is 4.74 Å². The second-order valence-electron chi connectivity index (χ2n) is 7.04. The summed E-state index contributed by atoms with van der Waals surface area (Å²) in [4.78, 5) is 43.5. The van der Waals surface area contributed by atoms with E-state index in [0.29, 0.717) is 29.1 Å². The minimum Gasteiger partial charge on any atom is -0.469 e. The highest BCUT2D eigenvalue weighted by atomic mass is 32.2. The lowest BCUT2D eigenvalue weighted by Gasteiger charge is -2.35. The number of para-hydroxylation sites is 1. The number of morpholine rings is 1. The van der Waals surface area contributed by atoms with E-state index >= 15 is 0 Å². The van der Waals surface area contributed by atoms with Crippen LogP contribution >= 0.6 is 11.8 Å². The quantitative estimate of drug-likeness (QED) is 0.400. The van der Waals surface area contributed by atoms with Gasteiger partial charge in [0.2, 0.25) is 5.91 Å². The smallest absolute Gasteiger partial charge is 0.307 e. The Morgan fingerprint density at radius 2 is 1.93 bits per heavy atom. The third-order valence-corrected chi connectivity index (χ3v) is 5.65. The van der Waals surface area contributed by atoms with E-state index in [1.54, 1.807) is 23.1 Å². The van der Waals surface area contributed by atoms with Crippen molar-refractivity contribution in [3.05, 3.63) is 34.6 Å². The summed E-state index contributed by atoms with van der Waals surface area (Å²) in [5, 5.41) is 0.893. The summed E-state index contributed by atoms with van der Waals surface area (Å²) in [5.74, 6) is -0.282. The van der Waals surface area contributed by atoms with Crippen LogP contribution in [0.5, 0.6) is 0 Å². The van der Waals surface area contributed by atoms with E-state index in [9.17, 15) is 14.4 Å². The molecule has 9 heteroatoms. The predicted octanol–water partition coefficient (Wildman–Crippen LogP) is 1.69. The zero-order valence-electron chi connectivity index (χ0n) is 16.8. The number of ether oxygens (including phenoxy) is 2. The zero-order valence-corrected chi connectivity index (χ0v) is 17.6. The molecular formula is C20H25N3O5S. The predicted molar refractivity (Wildman–Crippen MR) is 110 cm³/mol. The normalized spacial score (nSPS) is 19.3. The Morgan fingerprint density at radius 1 is 1.24 bits per heavy atom. The van der Waals surface area contributed by atoms with Crippen molar-refractivity contribution in [2.75, 3.05) is 26.0 Å². The average molecular weight is 420 g/mol. The van der Waals surface area contributed by atoms with Crippen LogP contribution in [0.4, 0.5) is 0 Å². The summed E-state index contributed by atoms with van der Waals surface area (Å²) in [7, 11) is 1.31. The van der Waals surface area contributed by atoms with Crippen LogP contribution in [0.15, 0.2) is 34.2 Å². The highest BCUT2D eigenvalue weighted by molar-refractivity contribution is 7.99. The van der Waals surface area contributed by atoms with Gasteiger partial charge in [0.05, 0.1) is 42.4 Å². The minimum absolute atomic E-state index is 0.00951. The van der Waals surface area contributed by atoms with Crippen LogP contribution in [0.1, 0.15) is 20.3 Å². The van der Waals surface area contributed by atoms with Gasteiger partial charge in [-0.1, -0.05) is 23.9 Å². The molecule has 1 aromatic heterocycles. The molecule has 1 amide bonds. The number of hydrogen-bond donors (Lipinski definition) is 0. The van der Waals surface area contributed by atoms with E-state index in [-0.39, 0.29) is 42.4 Å². The Morgan fingerprint density at radius 3 is 2.62 bits per heavy atom. The van der Waals surface area contributed by atoms with E-state index in [1.807, 2.05) is 19.9 Å². The molecule has 2 aromatic rings. The van der Waals surface area contributed by atoms with Gasteiger partial charge in [0.25, 0.3) is 5.56 Å². The number of nitrogens with zero attached hydrogens (tertiary/aromatic N) is 3. The van der Waals surface area contributed by atoms with Crippen LogP contribution < -0.4 is 5.56 Å². The van der Waals surface area contributed by atoms with Gasteiger partial charge in [-0.2, -0.15) is 0 Å². The number of amides is 1. The van der Waals surface area contributed by atoms with E-state index in [2.05, 4.69) is 9.72 Å². The fourth-order valence-electron chi connectivity index (χ4n) is 3.36. The van der Waals surface area contributed by atoms with Gasteiger partial charge in [-0.05, 0) is 26.0 Å². The highest BCUT2D eigenvalue weighted by Gasteiger charge is 2.26. The van der Waals surface area contributed by atoms with Gasteiger partial charge < -0.3 is 14.4 Å². The Labute approximate surface area is 173 Å². The molecule has 1 fully saturated rings. The van der Waals surface area contributed by atoms with Crippen LogP contribution in [-0.4, -0.2) is 64.5 Å². The fraction of sp³-hybridized carbons (Fsp3) is 0.500. The number of carbonyl (C=O) groups excluding carboxylic acids is 2. The molecule has 2 heterocycles. The van der Waals surface area contributed by atoms with Crippen molar-refractivity contribution < 1.29 is 19.1 Å². The second-order valence-corrected chi connectivity index (χ2v) is 7.98. The summed E-state index contributed by atoms with van der Waals surface area (Å²) in [6.07, 6.45) is 0.0330. The van der Waals surface area contributed by atoms with Gasteiger partial charge in [0, 0.05) is 19.6 Å². The second kappa shape index (κ2) is 9.41. The molecule has 8 nitrogen and oxygen atoms in total. The van der Waals surface area contributed by atoms with Crippen molar-refractivity contribution in [2.24, 2.45) is 0 Å². The SMILES string of the molecule is COC(=O)CCn1c(SCC(=O)N2C[C@@H](C)O[C@@H](C)C2)nc2ccccc2c1=O. The lowest BCUT2D eigenvalue weighted by atomic mass is 10.2. The summed E-state index contributed by atoms with van der Waals surface area (Å²) in [5.41, 5.74) is 0.332. The third kappa shape index (κ3) is 5.16. The number of hydrogen-bond acceptors (Lipinski definition) is 7. The molecule has 0 aliphatic carbocycles. The summed E-state index contributed by atoms with van der Waals surface area (Å²) in [6, 6.07) is 7.05. The molecule has 0 unspecified atom stereocenters. The van der Waals surface area contributed by atoms with Crippen LogP contribution in [0.3, 0.4) is 0 Å². The molecule has 0 radical (unpaired) electrons. The number of methoxy groups -OCH3 is 1. The number of benzene rings is 1. The van der Waals surface area contributed by atoms with E-state index < -0.39 is 5.97 Å². The lowest BCUT2D eigenvalue weighted by molar-refractivity contribution is -0.141. The van der Waals surface area contributed by atoms with E-state index in [1.165, 1.54) is 23.4 Å². The lowest BCUT2D eigenvalue weighted by Crippen LogP contribution is -2.48. The number of esters is 1. The standard InChI is InChI=1S/C20H25N3O5S/c1-13-10-22(11-14(2)28-13)17(24)12-29-20-21-16-7-5-4-6-15(16)19(26)23(20)9-8-18(25)27-3/h4-7,13-14H,8-12H2,1-3H3/t13-,14+. The molecule has 0 N–H and O–H groups in total. The molecule has 156 valence electrons. The summed E-state index contributed by atoms with van der Waals surface area (Å²) in [6.45, 7) is 5.12. The van der Waals surface area contributed by atoms with Gasteiger partial charge in [0.1, 0.15) is 0 Å². The van der Waals surface area contributed by atoms with Crippen LogP contribution in [0.2, 0.25) is 0 Å². The number of carbonyl (C=O) groups is 2. The van der Waals surface area contributed by atoms with Gasteiger partial charge in [-0.25, -0.2) is 4.98 Å². The van der Waals surface area contributed by atoms with Crippen molar-refractivity contribution in [1.82, 2.24) is 14.5 Å². The van der Waals surface area contributed by atoms with Gasteiger partial charge in [-0.3, -0.25) is 19.0 Å². The molecule has 2 atom stereocenters. The van der Waals surface area contributed by atoms with Crippen LogP contribution in [0, 0.1) is 0 Å². The van der Waals surface area contributed by atoms with Crippen molar-refractivity contribution in [2.45, 2.75) is 44.2 Å². The fourth-order valence-corrected chi connectivity index (χ4v) is 4.29. The van der Waals surface area contributed by atoms with Crippen molar-refractivity contribution in [3.8, 4) is 0 Å². The molecule has 1 aliphatic heterocycles. The Balaban J connectivity index is 1.82. The minimum atomic E-state index is -0.409. The maximum Gasteiger partial charge on any atom is 0.307 e. The molecule has 0 saturated carbocycles. The number of aromatic nitrogens is 2. The first-order valence-electron chi connectivity index (χ1n) is 9.51. The number of rotatable bonds is 6. The van der Waals surface area contributed by atoms with Crippen molar-refractivity contribution in [3.63, 3.8) is 0 Å². The Kier molecular flexibility index (Phi) is 6.92. The zero-order chi connectivity index (χ0) is 21.0. The molecule has 29 heavy (non-hydrogen) atoms. The molecule has 1 aliphatic rings. The summed E-state index contributed by atoms with van der Waals surface area (Å²) >= 11 is 1.21. The Bertz CT molecular complexity index is 951. The Hall–Kier alpha value is -2.39. The molecule has 1 saturated heterocycles. The van der Waals surface area contributed by atoms with Gasteiger partial charge in [-0.15, -0.1) is 0 Å². The molecule has 0 bridgehead atoms. The molecule has 1 aromatic carbocycles. The topological polar surface area (TPSA) is 90.7 Å². The molecule has 3 rings (SSSR count). The van der Waals surface area contributed by atoms with Crippen molar-refractivity contribution in [1.29, 1.82) is 0 Å². The first-order valence-corrected chi connectivity index (χ1v) is 10.5. The molecular weight excluding hydrogens is 394 g/mol. The first kappa shape index (κ1) is 21.3. The van der Waals surface area contributed by atoms with Gasteiger partial charge in [0.15, 0.2) is 5.16 Å². The third-order valence-electron chi connectivity index (χ3n) is 4.69. The first-order chi connectivity index (χ1) is 13.9. The largest absolute Gasteiger partial charge is 0.469 e. The number of fused-ring (bicyclic) bond motifs is 1. The van der Waals surface area contributed by atoms with Crippen LogP contribution in [-0.2, 0) is 25.6 Å². The highest BCUT2D eigenvalue weighted by Crippen LogP contribution is 2.20. The maximum absolute atomic E-state index is 12.9. The monoisotopic (exact) mass is 419 g/mol.